The van der Waals surface area contributed by atoms with Gasteiger partial charge in [-0.05, 0) is 55.9 Å². The molecule has 1 saturated carbocycles. The molecule has 6 rings (SSSR count). The number of amides is 1. The third-order valence-electron chi connectivity index (χ3n) is 7.30. The van der Waals surface area contributed by atoms with Crippen molar-refractivity contribution < 1.29 is 13.9 Å². The van der Waals surface area contributed by atoms with Crippen molar-refractivity contribution in [2.45, 2.75) is 31.7 Å². The summed E-state index contributed by atoms with van der Waals surface area (Å²) in [4.78, 5) is 23.5. The molecule has 0 bridgehead atoms. The molecule has 39 heavy (non-hydrogen) atoms. The topological polar surface area (TPSA) is 110 Å². The highest BCUT2D eigenvalue weighted by molar-refractivity contribution is 6.01. The summed E-state index contributed by atoms with van der Waals surface area (Å²) in [6, 6.07) is 15.9. The van der Waals surface area contributed by atoms with Crippen LogP contribution < -0.4 is 10.5 Å². The van der Waals surface area contributed by atoms with E-state index in [0.29, 0.717) is 52.7 Å². The minimum absolute atomic E-state index is 0.113. The number of allylic oxidation sites excluding steroid dienone is 1. The van der Waals surface area contributed by atoms with Gasteiger partial charge in [-0.15, -0.1) is 0 Å². The quantitative estimate of drug-likeness (QED) is 0.259. The highest BCUT2D eigenvalue weighted by atomic mass is 19.1. The molecule has 2 aromatic carbocycles. The van der Waals surface area contributed by atoms with Gasteiger partial charge in [0.25, 0.3) is 5.91 Å². The predicted octanol–water partition coefficient (Wildman–Crippen LogP) is 5.64. The minimum atomic E-state index is -0.463. The maximum Gasteiger partial charge on any atom is 0.264 e. The van der Waals surface area contributed by atoms with Crippen molar-refractivity contribution in [3.63, 3.8) is 0 Å². The average molecular weight is 523 g/mol. The lowest BCUT2D eigenvalue weighted by atomic mass is 10.0. The SMILES string of the molecule is N#C/C(=C\C1CC1)C(=O)N1CCC[C@H](n2cc(-c3ccc(Oc4ccccc4)cc3F)c3c(N)ncnc32)C1. The molecule has 2 N–H and O–H groups in total. The number of aromatic nitrogens is 3. The van der Waals surface area contributed by atoms with Crippen molar-refractivity contribution in [1.29, 1.82) is 5.26 Å². The lowest BCUT2D eigenvalue weighted by Crippen LogP contribution is -2.41. The van der Waals surface area contributed by atoms with E-state index in [1.165, 1.54) is 12.4 Å². The fraction of sp³-hybridized carbons (Fsp3) is 0.267. The van der Waals surface area contributed by atoms with Crippen LogP contribution in [-0.4, -0.2) is 38.4 Å². The van der Waals surface area contributed by atoms with Gasteiger partial charge in [-0.2, -0.15) is 5.26 Å². The first-order chi connectivity index (χ1) is 19.0. The van der Waals surface area contributed by atoms with E-state index in [-0.39, 0.29) is 23.3 Å². The molecule has 0 radical (unpaired) electrons. The second kappa shape index (κ2) is 10.2. The Morgan fingerprint density at radius 1 is 1.10 bits per heavy atom. The van der Waals surface area contributed by atoms with Gasteiger partial charge in [-0.3, -0.25) is 4.79 Å². The van der Waals surface area contributed by atoms with E-state index in [4.69, 9.17) is 10.5 Å². The van der Waals surface area contributed by atoms with Crippen molar-refractivity contribution in [2.24, 2.45) is 5.92 Å². The van der Waals surface area contributed by atoms with Crippen LogP contribution in [0.15, 0.2) is 72.7 Å². The normalized spacial score (nSPS) is 17.7. The summed E-state index contributed by atoms with van der Waals surface area (Å²) >= 11 is 0. The zero-order valence-electron chi connectivity index (χ0n) is 21.3. The van der Waals surface area contributed by atoms with Crippen LogP contribution in [0.2, 0.25) is 0 Å². The molecule has 2 aliphatic rings. The van der Waals surface area contributed by atoms with Crippen molar-refractivity contribution >= 4 is 22.8 Å². The van der Waals surface area contributed by atoms with Crippen LogP contribution in [0.4, 0.5) is 10.2 Å². The zero-order chi connectivity index (χ0) is 26.9. The molecular formula is C30H27FN6O2. The van der Waals surface area contributed by atoms with E-state index in [1.54, 1.807) is 35.2 Å². The summed E-state index contributed by atoms with van der Waals surface area (Å²) in [6.45, 7) is 1.00. The Labute approximate surface area is 225 Å². The van der Waals surface area contributed by atoms with E-state index in [1.807, 2.05) is 29.0 Å². The van der Waals surface area contributed by atoms with Crippen LogP contribution in [0.3, 0.4) is 0 Å². The summed E-state index contributed by atoms with van der Waals surface area (Å²) in [6.07, 6.45) is 8.66. The Morgan fingerprint density at radius 2 is 1.92 bits per heavy atom. The van der Waals surface area contributed by atoms with E-state index in [0.717, 1.165) is 25.7 Å². The van der Waals surface area contributed by atoms with Crippen molar-refractivity contribution in [1.82, 2.24) is 19.4 Å². The molecule has 0 unspecified atom stereocenters. The monoisotopic (exact) mass is 522 g/mol. The number of hydrogen-bond donors (Lipinski definition) is 1. The summed E-state index contributed by atoms with van der Waals surface area (Å²) in [5, 5.41) is 10.1. The number of hydrogen-bond acceptors (Lipinski definition) is 6. The van der Waals surface area contributed by atoms with Crippen LogP contribution >= 0.6 is 0 Å². The molecule has 8 nitrogen and oxygen atoms in total. The fourth-order valence-corrected chi connectivity index (χ4v) is 5.18. The number of piperidine rings is 1. The van der Waals surface area contributed by atoms with Gasteiger partial charge in [0.1, 0.15) is 46.8 Å². The number of ether oxygens (including phenoxy) is 1. The van der Waals surface area contributed by atoms with E-state index < -0.39 is 5.82 Å². The van der Waals surface area contributed by atoms with Gasteiger partial charge < -0.3 is 19.9 Å². The molecule has 0 spiro atoms. The number of fused-ring (bicyclic) bond motifs is 1. The highest BCUT2D eigenvalue weighted by Gasteiger charge is 2.30. The Kier molecular flexibility index (Phi) is 6.45. The molecule has 196 valence electrons. The van der Waals surface area contributed by atoms with E-state index in [9.17, 15) is 10.1 Å². The number of nitrogens with zero attached hydrogens (tertiary/aromatic N) is 5. The van der Waals surface area contributed by atoms with Crippen LogP contribution in [-0.2, 0) is 4.79 Å². The second-order valence-corrected chi connectivity index (χ2v) is 10.0. The molecule has 2 fully saturated rings. The number of likely N-dealkylation sites (tertiary alicyclic amines) is 1. The molecular weight excluding hydrogens is 495 g/mol. The molecule has 9 heteroatoms. The maximum atomic E-state index is 15.5. The summed E-state index contributed by atoms with van der Waals surface area (Å²) < 4.78 is 23.3. The fourth-order valence-electron chi connectivity index (χ4n) is 5.18. The number of nitrogen functional groups attached to an aromatic ring is 1. The van der Waals surface area contributed by atoms with Gasteiger partial charge in [0.15, 0.2) is 0 Å². The first-order valence-corrected chi connectivity index (χ1v) is 13.1. The zero-order valence-corrected chi connectivity index (χ0v) is 21.3. The number of anilines is 1. The van der Waals surface area contributed by atoms with E-state index >= 15 is 4.39 Å². The molecule has 2 aromatic heterocycles. The third-order valence-corrected chi connectivity index (χ3v) is 7.30. The molecule has 3 heterocycles. The summed E-state index contributed by atoms with van der Waals surface area (Å²) in [5.74, 6) is 0.876. The van der Waals surface area contributed by atoms with Crippen LogP contribution in [0, 0.1) is 23.1 Å². The number of halogens is 1. The Morgan fingerprint density at radius 3 is 2.67 bits per heavy atom. The van der Waals surface area contributed by atoms with Crippen LogP contribution in [0.5, 0.6) is 11.5 Å². The van der Waals surface area contributed by atoms with Crippen LogP contribution in [0.25, 0.3) is 22.2 Å². The summed E-state index contributed by atoms with van der Waals surface area (Å²) in [7, 11) is 0. The number of carbonyl (C=O) groups is 1. The van der Waals surface area contributed by atoms with Crippen molar-refractivity contribution in [3.8, 4) is 28.7 Å². The molecule has 1 aliphatic carbocycles. The van der Waals surface area contributed by atoms with Gasteiger partial charge in [0, 0.05) is 36.5 Å². The Hall–Kier alpha value is -4.71. The van der Waals surface area contributed by atoms with Gasteiger partial charge in [0.05, 0.1) is 11.4 Å². The average Bonchev–Trinajstić information content (AvgIpc) is 3.70. The third kappa shape index (κ3) is 4.93. The number of nitriles is 1. The first-order valence-electron chi connectivity index (χ1n) is 13.1. The Balaban J connectivity index is 1.33. The Bertz CT molecular complexity index is 1620. The van der Waals surface area contributed by atoms with Gasteiger partial charge in [0.2, 0.25) is 0 Å². The number of para-hydroxylation sites is 1. The largest absolute Gasteiger partial charge is 0.457 e. The van der Waals surface area contributed by atoms with Gasteiger partial charge in [-0.1, -0.05) is 24.3 Å². The standard InChI is InChI=1S/C30H27FN6O2/c31-26-14-23(39-22-6-2-1-3-7-22)10-11-24(26)25-17-37(29-27(25)28(33)34-18-35-29)21-5-4-12-36(16-21)30(38)20(15-32)13-19-8-9-19/h1-3,6-7,10-11,13-14,17-19,21H,4-5,8-9,12,16H2,(H2,33,34,35)/b20-13+/t21-/m0/s1. The molecule has 1 amide bonds. The highest BCUT2D eigenvalue weighted by Crippen LogP contribution is 2.39. The molecule has 1 saturated heterocycles. The lowest BCUT2D eigenvalue weighted by molar-refractivity contribution is -0.128. The van der Waals surface area contributed by atoms with Crippen molar-refractivity contribution in [3.05, 3.63) is 78.5 Å². The number of rotatable bonds is 6. The van der Waals surface area contributed by atoms with Gasteiger partial charge >= 0.3 is 0 Å². The number of carbonyl (C=O) groups excluding carboxylic acids is 1. The molecule has 1 aliphatic heterocycles. The molecule has 1 atom stereocenters. The van der Waals surface area contributed by atoms with Gasteiger partial charge in [-0.25, -0.2) is 14.4 Å². The first kappa shape index (κ1) is 24.6. The van der Waals surface area contributed by atoms with E-state index in [2.05, 4.69) is 16.0 Å². The van der Waals surface area contributed by atoms with Crippen molar-refractivity contribution in [2.75, 3.05) is 18.8 Å². The number of benzene rings is 2. The smallest absolute Gasteiger partial charge is 0.264 e. The predicted molar refractivity (Wildman–Crippen MR) is 145 cm³/mol. The minimum Gasteiger partial charge on any atom is -0.457 e. The molecule has 4 aromatic rings. The summed E-state index contributed by atoms with van der Waals surface area (Å²) in [5.41, 5.74) is 8.00. The maximum absolute atomic E-state index is 15.5. The second-order valence-electron chi connectivity index (χ2n) is 10.0. The lowest BCUT2D eigenvalue weighted by Gasteiger charge is -2.33. The van der Waals surface area contributed by atoms with Crippen LogP contribution in [0.1, 0.15) is 31.7 Å². The number of nitrogens with two attached hydrogens (primary N) is 1.